The Kier molecular flexibility index (Phi) is 7.17. The van der Waals surface area contributed by atoms with Crippen LogP contribution in [0.5, 0.6) is 0 Å². The van der Waals surface area contributed by atoms with Crippen molar-refractivity contribution in [1.82, 2.24) is 10.2 Å². The SMILES string of the molecule is Cc1ccc(C)c(NC(=O)CSc2ccc(N3CCN(c4ccccc4Cl)CC3)nn2)c1. The lowest BCUT2D eigenvalue weighted by molar-refractivity contribution is -0.113. The van der Waals surface area contributed by atoms with Gasteiger partial charge >= 0.3 is 0 Å². The summed E-state index contributed by atoms with van der Waals surface area (Å²) in [6.45, 7) is 7.45. The van der Waals surface area contributed by atoms with Gasteiger partial charge in [-0.25, -0.2) is 0 Å². The molecule has 1 amide bonds. The largest absolute Gasteiger partial charge is 0.367 e. The second-order valence-corrected chi connectivity index (χ2v) is 9.21. The highest BCUT2D eigenvalue weighted by Crippen LogP contribution is 2.27. The van der Waals surface area contributed by atoms with Gasteiger partial charge in [0.05, 0.1) is 16.5 Å². The molecule has 0 atom stereocenters. The molecular formula is C24H26ClN5OS. The van der Waals surface area contributed by atoms with Gasteiger partial charge in [0.1, 0.15) is 5.03 Å². The second kappa shape index (κ2) is 10.2. The quantitative estimate of drug-likeness (QED) is 0.525. The summed E-state index contributed by atoms with van der Waals surface area (Å²) in [6, 6.07) is 17.9. The van der Waals surface area contributed by atoms with Crippen molar-refractivity contribution in [3.63, 3.8) is 0 Å². The number of hydrogen-bond donors (Lipinski definition) is 1. The lowest BCUT2D eigenvalue weighted by Gasteiger charge is -2.36. The molecule has 2 heterocycles. The van der Waals surface area contributed by atoms with Gasteiger partial charge in [-0.15, -0.1) is 10.2 Å². The molecule has 0 aliphatic carbocycles. The van der Waals surface area contributed by atoms with Crippen LogP contribution >= 0.6 is 23.4 Å². The number of halogens is 1. The molecule has 8 heteroatoms. The van der Waals surface area contributed by atoms with Gasteiger partial charge in [-0.1, -0.05) is 47.6 Å². The molecule has 0 unspecified atom stereocenters. The Balaban J connectivity index is 1.28. The Morgan fingerprint density at radius 1 is 1.00 bits per heavy atom. The van der Waals surface area contributed by atoms with Crippen LogP contribution in [0, 0.1) is 13.8 Å². The number of anilines is 3. The number of amides is 1. The van der Waals surface area contributed by atoms with E-state index >= 15 is 0 Å². The highest BCUT2D eigenvalue weighted by Gasteiger charge is 2.20. The van der Waals surface area contributed by atoms with Crippen molar-refractivity contribution >= 4 is 46.5 Å². The Labute approximate surface area is 198 Å². The fraction of sp³-hybridized carbons (Fsp3) is 0.292. The molecule has 166 valence electrons. The molecule has 1 N–H and O–H groups in total. The predicted molar refractivity (Wildman–Crippen MR) is 133 cm³/mol. The predicted octanol–water partition coefficient (Wildman–Crippen LogP) is 4.80. The van der Waals surface area contributed by atoms with Crippen LogP contribution in [0.2, 0.25) is 5.02 Å². The Hall–Kier alpha value is -2.77. The van der Waals surface area contributed by atoms with Crippen LogP contribution in [0.15, 0.2) is 59.6 Å². The first-order chi connectivity index (χ1) is 15.5. The molecular weight excluding hydrogens is 442 g/mol. The zero-order valence-electron chi connectivity index (χ0n) is 18.2. The minimum absolute atomic E-state index is 0.0507. The van der Waals surface area contributed by atoms with E-state index in [0.29, 0.717) is 0 Å². The fourth-order valence-electron chi connectivity index (χ4n) is 3.64. The van der Waals surface area contributed by atoms with Crippen LogP contribution in [0.3, 0.4) is 0 Å². The fourth-order valence-corrected chi connectivity index (χ4v) is 4.51. The number of rotatable bonds is 6. The summed E-state index contributed by atoms with van der Waals surface area (Å²) in [5.74, 6) is 1.09. The minimum atomic E-state index is -0.0507. The summed E-state index contributed by atoms with van der Waals surface area (Å²) in [7, 11) is 0. The van der Waals surface area contributed by atoms with Crippen molar-refractivity contribution in [2.24, 2.45) is 0 Å². The first kappa shape index (κ1) is 22.4. The third kappa shape index (κ3) is 5.53. The molecule has 4 rings (SSSR count). The normalized spacial score (nSPS) is 13.8. The molecule has 0 saturated carbocycles. The van der Waals surface area contributed by atoms with Crippen molar-refractivity contribution in [2.75, 3.05) is 47.0 Å². The van der Waals surface area contributed by atoms with Crippen molar-refractivity contribution in [3.8, 4) is 0 Å². The number of aromatic nitrogens is 2. The van der Waals surface area contributed by atoms with Crippen LogP contribution < -0.4 is 15.1 Å². The van der Waals surface area contributed by atoms with Crippen LogP contribution in [-0.2, 0) is 4.79 Å². The average molecular weight is 468 g/mol. The highest BCUT2D eigenvalue weighted by molar-refractivity contribution is 7.99. The molecule has 2 aromatic carbocycles. The van der Waals surface area contributed by atoms with E-state index in [1.165, 1.54) is 11.8 Å². The monoisotopic (exact) mass is 467 g/mol. The van der Waals surface area contributed by atoms with Crippen molar-refractivity contribution in [3.05, 3.63) is 70.7 Å². The molecule has 6 nitrogen and oxygen atoms in total. The highest BCUT2D eigenvalue weighted by atomic mass is 35.5. The van der Waals surface area contributed by atoms with Crippen molar-refractivity contribution in [2.45, 2.75) is 18.9 Å². The van der Waals surface area contributed by atoms with Gasteiger partial charge in [-0.3, -0.25) is 4.79 Å². The number of hydrogen-bond acceptors (Lipinski definition) is 6. The molecule has 0 spiro atoms. The average Bonchev–Trinajstić information content (AvgIpc) is 2.81. The molecule has 0 bridgehead atoms. The van der Waals surface area contributed by atoms with Crippen LogP contribution in [0.1, 0.15) is 11.1 Å². The maximum atomic E-state index is 12.3. The van der Waals surface area contributed by atoms with E-state index in [4.69, 9.17) is 11.6 Å². The number of para-hydroxylation sites is 1. The van der Waals surface area contributed by atoms with E-state index in [2.05, 4.69) is 31.4 Å². The van der Waals surface area contributed by atoms with E-state index < -0.39 is 0 Å². The summed E-state index contributed by atoms with van der Waals surface area (Å²) in [4.78, 5) is 16.9. The maximum absolute atomic E-state index is 12.3. The number of piperazine rings is 1. The Bertz CT molecular complexity index is 1080. The van der Waals surface area contributed by atoms with E-state index in [-0.39, 0.29) is 11.7 Å². The molecule has 1 aliphatic rings. The summed E-state index contributed by atoms with van der Waals surface area (Å²) in [6.07, 6.45) is 0. The number of aryl methyl sites for hydroxylation is 2. The minimum Gasteiger partial charge on any atom is -0.367 e. The summed E-state index contributed by atoms with van der Waals surface area (Å²) in [5.41, 5.74) is 4.10. The topological polar surface area (TPSA) is 61.4 Å². The number of carbonyl (C=O) groups excluding carboxylic acids is 1. The number of carbonyl (C=O) groups is 1. The van der Waals surface area contributed by atoms with Crippen LogP contribution in [0.25, 0.3) is 0 Å². The van der Waals surface area contributed by atoms with Gasteiger partial charge in [-0.05, 0) is 55.3 Å². The zero-order valence-corrected chi connectivity index (χ0v) is 19.8. The first-order valence-electron chi connectivity index (χ1n) is 10.6. The molecule has 1 aliphatic heterocycles. The molecule has 32 heavy (non-hydrogen) atoms. The zero-order chi connectivity index (χ0) is 22.5. The van der Waals surface area contributed by atoms with Crippen molar-refractivity contribution in [1.29, 1.82) is 0 Å². The van der Waals surface area contributed by atoms with E-state index in [0.717, 1.165) is 64.5 Å². The Morgan fingerprint density at radius 3 is 2.47 bits per heavy atom. The molecule has 0 radical (unpaired) electrons. The van der Waals surface area contributed by atoms with E-state index in [1.54, 1.807) is 0 Å². The van der Waals surface area contributed by atoms with E-state index in [1.807, 2.05) is 62.4 Å². The van der Waals surface area contributed by atoms with Gasteiger partial charge in [0.25, 0.3) is 0 Å². The molecule has 1 aromatic heterocycles. The van der Waals surface area contributed by atoms with E-state index in [9.17, 15) is 4.79 Å². The third-order valence-electron chi connectivity index (χ3n) is 5.44. The molecule has 1 saturated heterocycles. The van der Waals surface area contributed by atoms with Gasteiger partial charge in [0.15, 0.2) is 5.82 Å². The number of nitrogens with zero attached hydrogens (tertiary/aromatic N) is 4. The van der Waals surface area contributed by atoms with Gasteiger partial charge in [-0.2, -0.15) is 0 Å². The number of benzene rings is 2. The smallest absolute Gasteiger partial charge is 0.234 e. The van der Waals surface area contributed by atoms with Gasteiger partial charge in [0.2, 0.25) is 5.91 Å². The lowest BCUT2D eigenvalue weighted by Crippen LogP contribution is -2.47. The third-order valence-corrected chi connectivity index (χ3v) is 6.68. The lowest BCUT2D eigenvalue weighted by atomic mass is 10.1. The Morgan fingerprint density at radius 2 is 1.75 bits per heavy atom. The van der Waals surface area contributed by atoms with Crippen molar-refractivity contribution < 1.29 is 4.79 Å². The summed E-state index contributed by atoms with van der Waals surface area (Å²) >= 11 is 7.72. The number of nitrogens with one attached hydrogen (secondary N) is 1. The van der Waals surface area contributed by atoms with Crippen LogP contribution in [0.4, 0.5) is 17.2 Å². The number of thioether (sulfide) groups is 1. The van der Waals surface area contributed by atoms with Gasteiger partial charge in [0, 0.05) is 31.9 Å². The summed E-state index contributed by atoms with van der Waals surface area (Å²) < 4.78 is 0. The van der Waals surface area contributed by atoms with Gasteiger partial charge < -0.3 is 15.1 Å². The first-order valence-corrected chi connectivity index (χ1v) is 11.9. The maximum Gasteiger partial charge on any atom is 0.234 e. The molecule has 1 fully saturated rings. The molecule has 3 aromatic rings. The second-order valence-electron chi connectivity index (χ2n) is 7.81. The van der Waals surface area contributed by atoms with Crippen LogP contribution in [-0.4, -0.2) is 48.0 Å². The summed E-state index contributed by atoms with van der Waals surface area (Å²) in [5, 5.41) is 13.2. The standard InChI is InChI=1S/C24H26ClN5OS/c1-17-7-8-18(2)20(15-17)26-23(31)16-32-24-10-9-22(27-28-24)30-13-11-29(12-14-30)21-6-4-3-5-19(21)25/h3-10,15H,11-14,16H2,1-2H3,(H,26,31).